The predicted molar refractivity (Wildman–Crippen MR) is 142 cm³/mol. The summed E-state index contributed by atoms with van der Waals surface area (Å²) in [6.45, 7) is 14.8. The SMILES string of the molecule is C=C(/C=C(\C)C(=O)NC)c1cccc(Cl)n1.CC.CC(=O)N1CCN(C(=O)OC(C)(C)C)CC1C(F)(F)F. The van der Waals surface area contributed by atoms with Crippen LogP contribution < -0.4 is 5.32 Å². The molecule has 0 aromatic carbocycles. The summed E-state index contributed by atoms with van der Waals surface area (Å²) in [7, 11) is 1.58. The number of ether oxygens (including phenoxy) is 1. The van der Waals surface area contributed by atoms with Gasteiger partial charge in [0.05, 0.1) is 12.2 Å². The summed E-state index contributed by atoms with van der Waals surface area (Å²) in [5.41, 5.74) is 1.12. The number of amides is 3. The van der Waals surface area contributed by atoms with Crippen LogP contribution in [0.3, 0.4) is 0 Å². The quantitative estimate of drug-likeness (QED) is 0.299. The van der Waals surface area contributed by atoms with Crippen molar-refractivity contribution in [1.82, 2.24) is 20.1 Å². The third-order valence-electron chi connectivity index (χ3n) is 4.83. The summed E-state index contributed by atoms with van der Waals surface area (Å²) in [6, 6.07) is 3.29. The predicted octanol–water partition coefficient (Wildman–Crippen LogP) is 5.48. The average molecular weight is 563 g/mol. The number of nitrogens with zero attached hydrogens (tertiary/aromatic N) is 3. The average Bonchev–Trinajstić information content (AvgIpc) is 2.83. The summed E-state index contributed by atoms with van der Waals surface area (Å²) >= 11 is 5.76. The van der Waals surface area contributed by atoms with E-state index in [-0.39, 0.29) is 19.0 Å². The Labute approximate surface area is 227 Å². The summed E-state index contributed by atoms with van der Waals surface area (Å²) in [5.74, 6) is -0.792. The number of hydrogen-bond acceptors (Lipinski definition) is 5. The van der Waals surface area contributed by atoms with Crippen LogP contribution in [0.1, 0.15) is 54.2 Å². The van der Waals surface area contributed by atoms with Crippen molar-refractivity contribution in [2.75, 3.05) is 26.7 Å². The molecule has 1 aliphatic heterocycles. The summed E-state index contributed by atoms with van der Waals surface area (Å²) < 4.78 is 43.9. The number of carbonyl (C=O) groups is 3. The number of piperazine rings is 1. The number of hydrogen-bond donors (Lipinski definition) is 1. The molecule has 8 nitrogen and oxygen atoms in total. The van der Waals surface area contributed by atoms with Crippen molar-refractivity contribution in [2.24, 2.45) is 0 Å². The first-order valence-corrected chi connectivity index (χ1v) is 12.4. The van der Waals surface area contributed by atoms with Crippen LogP contribution in [-0.2, 0) is 14.3 Å². The van der Waals surface area contributed by atoms with Crippen molar-refractivity contribution in [2.45, 2.75) is 66.3 Å². The summed E-state index contributed by atoms with van der Waals surface area (Å²) in [5, 5.41) is 2.95. The van der Waals surface area contributed by atoms with Crippen molar-refractivity contribution in [3.05, 3.63) is 47.3 Å². The molecule has 1 unspecified atom stereocenters. The van der Waals surface area contributed by atoms with E-state index in [1.54, 1.807) is 59.0 Å². The second-order valence-corrected chi connectivity index (χ2v) is 9.36. The lowest BCUT2D eigenvalue weighted by Gasteiger charge is -2.41. The van der Waals surface area contributed by atoms with Crippen LogP contribution in [0.25, 0.3) is 5.57 Å². The van der Waals surface area contributed by atoms with E-state index in [0.29, 0.717) is 22.0 Å². The van der Waals surface area contributed by atoms with Gasteiger partial charge in [-0.3, -0.25) is 9.59 Å². The highest BCUT2D eigenvalue weighted by Crippen LogP contribution is 2.28. The monoisotopic (exact) mass is 562 g/mol. The van der Waals surface area contributed by atoms with E-state index in [1.807, 2.05) is 13.8 Å². The number of alkyl halides is 3. The molecule has 1 aromatic rings. The highest BCUT2D eigenvalue weighted by Gasteiger charge is 2.48. The Morgan fingerprint density at radius 2 is 1.74 bits per heavy atom. The zero-order chi connectivity index (χ0) is 29.8. The maximum Gasteiger partial charge on any atom is 0.410 e. The van der Waals surface area contributed by atoms with Gasteiger partial charge in [0, 0.05) is 32.6 Å². The van der Waals surface area contributed by atoms with E-state index in [1.165, 1.54) is 0 Å². The van der Waals surface area contributed by atoms with Crippen molar-refractivity contribution < 1.29 is 32.3 Å². The van der Waals surface area contributed by atoms with Crippen molar-refractivity contribution in [3.8, 4) is 0 Å². The molecule has 2 rings (SSSR count). The van der Waals surface area contributed by atoms with Gasteiger partial charge in [0.25, 0.3) is 0 Å². The molecule has 0 radical (unpaired) electrons. The van der Waals surface area contributed by atoms with Crippen molar-refractivity contribution in [3.63, 3.8) is 0 Å². The minimum atomic E-state index is -4.58. The lowest BCUT2D eigenvalue weighted by molar-refractivity contribution is -0.198. The normalized spacial score (nSPS) is 15.8. The van der Waals surface area contributed by atoms with Crippen LogP contribution in [0.4, 0.5) is 18.0 Å². The molecule has 12 heteroatoms. The number of rotatable bonds is 3. The maximum absolute atomic E-state index is 13.0. The molecule has 1 aromatic heterocycles. The van der Waals surface area contributed by atoms with Gasteiger partial charge in [-0.25, -0.2) is 9.78 Å². The molecular formula is C26H38ClF3N4O4. The van der Waals surface area contributed by atoms with E-state index >= 15 is 0 Å². The summed E-state index contributed by atoms with van der Waals surface area (Å²) in [4.78, 5) is 40.2. The Hall–Kier alpha value is -3.08. The zero-order valence-corrected chi connectivity index (χ0v) is 24.0. The molecule has 1 N–H and O–H groups in total. The first-order chi connectivity index (χ1) is 17.5. The number of allylic oxidation sites excluding steroid dienone is 2. The molecular weight excluding hydrogens is 525 g/mol. The highest BCUT2D eigenvalue weighted by atomic mass is 35.5. The van der Waals surface area contributed by atoms with Gasteiger partial charge < -0.3 is 19.9 Å². The van der Waals surface area contributed by atoms with Crippen molar-refractivity contribution >= 4 is 35.1 Å². The second kappa shape index (κ2) is 15.4. The minimum Gasteiger partial charge on any atom is -0.444 e. The second-order valence-electron chi connectivity index (χ2n) is 8.97. The van der Waals surface area contributed by atoms with Crippen LogP contribution in [0.15, 0.2) is 36.4 Å². The fourth-order valence-corrected chi connectivity index (χ4v) is 3.28. The lowest BCUT2D eigenvalue weighted by Crippen LogP contribution is -2.61. The van der Waals surface area contributed by atoms with E-state index in [9.17, 15) is 27.6 Å². The van der Waals surface area contributed by atoms with E-state index < -0.39 is 36.4 Å². The van der Waals surface area contributed by atoms with E-state index in [0.717, 1.165) is 16.7 Å². The van der Waals surface area contributed by atoms with Gasteiger partial charge in [0.1, 0.15) is 16.8 Å². The smallest absolute Gasteiger partial charge is 0.410 e. The Bertz CT molecular complexity index is 1010. The first-order valence-electron chi connectivity index (χ1n) is 12.0. The molecule has 1 fully saturated rings. The number of pyridine rings is 1. The number of halogens is 4. The van der Waals surface area contributed by atoms with Crippen LogP contribution in [0, 0.1) is 0 Å². The third kappa shape index (κ3) is 12.0. The molecule has 1 aliphatic rings. The molecule has 0 spiro atoms. The van der Waals surface area contributed by atoms with Gasteiger partial charge >= 0.3 is 12.3 Å². The number of aromatic nitrogens is 1. The van der Waals surface area contributed by atoms with Crippen LogP contribution in [0.2, 0.25) is 5.15 Å². The van der Waals surface area contributed by atoms with Crippen LogP contribution >= 0.6 is 11.6 Å². The maximum atomic E-state index is 13.0. The molecule has 3 amide bonds. The largest absolute Gasteiger partial charge is 0.444 e. The third-order valence-corrected chi connectivity index (χ3v) is 5.04. The van der Waals surface area contributed by atoms with Gasteiger partial charge in [-0.05, 0) is 51.5 Å². The molecule has 0 aliphatic carbocycles. The molecule has 38 heavy (non-hydrogen) atoms. The fraction of sp³-hybridized carbons (Fsp3) is 0.538. The summed E-state index contributed by atoms with van der Waals surface area (Å²) in [6.07, 6.45) is -3.70. The van der Waals surface area contributed by atoms with E-state index in [4.69, 9.17) is 16.3 Å². The van der Waals surface area contributed by atoms with Crippen LogP contribution in [0.5, 0.6) is 0 Å². The first kappa shape index (κ1) is 34.9. The molecule has 1 saturated heterocycles. The standard InChI is InChI=1S/C12H13ClN2O.C12H19F3N2O3.C2H6/c1-8(7-9(2)12(16)14-3)10-5-4-6-11(13)15-10;1-8(18)17-6-5-16(7-9(17)12(13,14)15)10(19)20-11(2,3)4;1-2/h4-7H,1H2,2-3H3,(H,14,16);9H,5-7H2,1-4H3;1-2H3/b9-7+;;. The van der Waals surface area contributed by atoms with Gasteiger partial charge in [-0.2, -0.15) is 13.2 Å². The molecule has 214 valence electrons. The van der Waals surface area contributed by atoms with E-state index in [2.05, 4.69) is 16.9 Å². The molecule has 1 atom stereocenters. The number of likely N-dealkylation sites (N-methyl/N-ethyl adjacent to an activating group) is 1. The molecule has 2 heterocycles. The number of carbonyl (C=O) groups excluding carboxylic acids is 3. The lowest BCUT2D eigenvalue weighted by atomic mass is 10.1. The Morgan fingerprint density at radius 1 is 1.16 bits per heavy atom. The minimum absolute atomic E-state index is 0.0288. The molecule has 0 bridgehead atoms. The topological polar surface area (TPSA) is 91.8 Å². The Balaban J connectivity index is 0.000000690. The fourth-order valence-electron chi connectivity index (χ4n) is 3.12. The van der Waals surface area contributed by atoms with Crippen molar-refractivity contribution in [1.29, 1.82) is 0 Å². The molecule has 0 saturated carbocycles. The van der Waals surface area contributed by atoms with Crippen LogP contribution in [-0.4, -0.2) is 77.2 Å². The Kier molecular flexibility index (Phi) is 14.1. The number of nitrogens with one attached hydrogen (secondary N) is 1. The highest BCUT2D eigenvalue weighted by molar-refractivity contribution is 6.29. The van der Waals surface area contributed by atoms with Gasteiger partial charge in [0.2, 0.25) is 11.8 Å². The zero-order valence-electron chi connectivity index (χ0n) is 23.2. The van der Waals surface area contributed by atoms with Gasteiger partial charge in [-0.1, -0.05) is 38.1 Å². The van der Waals surface area contributed by atoms with Gasteiger partial charge in [0.15, 0.2) is 0 Å². The van der Waals surface area contributed by atoms with Gasteiger partial charge in [-0.15, -0.1) is 0 Å². The Morgan fingerprint density at radius 3 is 2.18 bits per heavy atom.